The minimum Gasteiger partial charge on any atom is -0.398 e. The number of fused-ring (bicyclic) bond motifs is 1. The van der Waals surface area contributed by atoms with Crippen molar-refractivity contribution in [3.05, 3.63) is 59.5 Å². The number of nitrogen functional groups attached to an aromatic ring is 1. The second kappa shape index (κ2) is 4.98. The fourth-order valence-corrected chi connectivity index (χ4v) is 2.22. The van der Waals surface area contributed by atoms with Crippen LogP contribution in [0.5, 0.6) is 0 Å². The molecule has 3 aromatic rings. The maximum atomic E-state index is 13.2. The Kier molecular flexibility index (Phi) is 3.16. The van der Waals surface area contributed by atoms with E-state index in [2.05, 4.69) is 10.3 Å². The molecule has 0 amide bonds. The number of nitrogens with two attached hydrogens (primary N) is 1. The average molecular weight is 288 g/mol. The van der Waals surface area contributed by atoms with Gasteiger partial charge in [-0.2, -0.15) is 0 Å². The van der Waals surface area contributed by atoms with Gasteiger partial charge in [-0.15, -0.1) is 0 Å². The van der Waals surface area contributed by atoms with E-state index in [1.54, 1.807) is 12.3 Å². The second-order valence-corrected chi connectivity index (χ2v) is 4.76. The van der Waals surface area contributed by atoms with E-state index in [0.29, 0.717) is 17.2 Å². The molecule has 0 saturated heterocycles. The van der Waals surface area contributed by atoms with Crippen molar-refractivity contribution in [1.29, 1.82) is 0 Å². The van der Waals surface area contributed by atoms with Crippen molar-refractivity contribution in [2.75, 3.05) is 11.1 Å². The number of aromatic nitrogens is 1. The third kappa shape index (κ3) is 2.26. The number of pyridine rings is 1. The standard InChI is InChI=1S/C15H11ClFN3/c16-12-8-9(4-5-13(12)17)20-15-11-2-1-3-14(18)10(11)6-7-19-15/h1-8H,18H2,(H,19,20). The van der Waals surface area contributed by atoms with Gasteiger partial charge in [0, 0.05) is 28.3 Å². The summed E-state index contributed by atoms with van der Waals surface area (Å²) in [5, 5.41) is 5.00. The summed E-state index contributed by atoms with van der Waals surface area (Å²) >= 11 is 5.77. The van der Waals surface area contributed by atoms with Crippen molar-refractivity contribution in [1.82, 2.24) is 4.98 Å². The number of halogens is 2. The molecule has 5 heteroatoms. The van der Waals surface area contributed by atoms with Gasteiger partial charge in [-0.05, 0) is 30.3 Å². The van der Waals surface area contributed by atoms with Crippen molar-refractivity contribution in [2.24, 2.45) is 0 Å². The molecule has 1 heterocycles. The molecule has 2 aromatic carbocycles. The maximum Gasteiger partial charge on any atom is 0.141 e. The van der Waals surface area contributed by atoms with E-state index in [4.69, 9.17) is 17.3 Å². The van der Waals surface area contributed by atoms with Crippen LogP contribution in [0, 0.1) is 5.82 Å². The predicted molar refractivity (Wildman–Crippen MR) is 80.8 cm³/mol. The van der Waals surface area contributed by atoms with Gasteiger partial charge in [-0.25, -0.2) is 9.37 Å². The third-order valence-corrected chi connectivity index (χ3v) is 3.31. The molecule has 0 radical (unpaired) electrons. The molecule has 0 fully saturated rings. The van der Waals surface area contributed by atoms with Crippen LogP contribution < -0.4 is 11.1 Å². The number of benzene rings is 2. The number of hydrogen-bond acceptors (Lipinski definition) is 3. The summed E-state index contributed by atoms with van der Waals surface area (Å²) in [6, 6.07) is 11.9. The lowest BCUT2D eigenvalue weighted by atomic mass is 10.1. The van der Waals surface area contributed by atoms with Crippen LogP contribution in [0.25, 0.3) is 10.8 Å². The van der Waals surface area contributed by atoms with E-state index in [0.717, 1.165) is 10.8 Å². The lowest BCUT2D eigenvalue weighted by Crippen LogP contribution is -1.96. The summed E-state index contributed by atoms with van der Waals surface area (Å²) in [6.07, 6.45) is 1.67. The minimum absolute atomic E-state index is 0.0646. The van der Waals surface area contributed by atoms with Gasteiger partial charge in [-0.3, -0.25) is 0 Å². The second-order valence-electron chi connectivity index (χ2n) is 4.36. The van der Waals surface area contributed by atoms with Crippen LogP contribution in [0.1, 0.15) is 0 Å². The van der Waals surface area contributed by atoms with E-state index in [-0.39, 0.29) is 5.02 Å². The first-order valence-corrected chi connectivity index (χ1v) is 6.38. The smallest absolute Gasteiger partial charge is 0.141 e. The number of nitrogens with zero attached hydrogens (tertiary/aromatic N) is 1. The molecule has 0 saturated carbocycles. The molecule has 0 aliphatic rings. The zero-order valence-electron chi connectivity index (χ0n) is 10.4. The molecule has 3 rings (SSSR count). The van der Waals surface area contributed by atoms with Gasteiger partial charge < -0.3 is 11.1 Å². The summed E-state index contributed by atoms with van der Waals surface area (Å²) in [4.78, 5) is 4.29. The first kappa shape index (κ1) is 12.7. The fourth-order valence-electron chi connectivity index (χ4n) is 2.04. The monoisotopic (exact) mass is 287 g/mol. The van der Waals surface area contributed by atoms with Gasteiger partial charge in [0.25, 0.3) is 0 Å². The van der Waals surface area contributed by atoms with Gasteiger partial charge in [0.15, 0.2) is 0 Å². The Bertz CT molecular complexity index is 789. The van der Waals surface area contributed by atoms with E-state index in [1.807, 2.05) is 24.3 Å². The fraction of sp³-hybridized carbons (Fsp3) is 0. The largest absolute Gasteiger partial charge is 0.398 e. The summed E-state index contributed by atoms with van der Waals surface area (Å²) in [5.74, 6) is 0.199. The number of nitrogens with one attached hydrogen (secondary N) is 1. The molecule has 20 heavy (non-hydrogen) atoms. The van der Waals surface area contributed by atoms with E-state index >= 15 is 0 Å². The Morgan fingerprint density at radius 1 is 1.10 bits per heavy atom. The van der Waals surface area contributed by atoms with Crippen molar-refractivity contribution < 1.29 is 4.39 Å². The molecule has 0 bridgehead atoms. The lowest BCUT2D eigenvalue weighted by Gasteiger charge is -2.10. The predicted octanol–water partition coefficient (Wildman–Crippen LogP) is 4.35. The van der Waals surface area contributed by atoms with Crippen LogP contribution in [-0.4, -0.2) is 4.98 Å². The highest BCUT2D eigenvalue weighted by atomic mass is 35.5. The first-order chi connectivity index (χ1) is 9.65. The minimum atomic E-state index is -0.452. The molecule has 3 nitrogen and oxygen atoms in total. The normalized spacial score (nSPS) is 10.7. The van der Waals surface area contributed by atoms with E-state index < -0.39 is 5.82 Å². The highest BCUT2D eigenvalue weighted by Gasteiger charge is 2.06. The van der Waals surface area contributed by atoms with Gasteiger partial charge in [0.2, 0.25) is 0 Å². The highest BCUT2D eigenvalue weighted by Crippen LogP contribution is 2.29. The highest BCUT2D eigenvalue weighted by molar-refractivity contribution is 6.31. The molecule has 0 unspecified atom stereocenters. The molecule has 0 atom stereocenters. The first-order valence-electron chi connectivity index (χ1n) is 6.00. The molecule has 0 spiro atoms. The summed E-state index contributed by atoms with van der Waals surface area (Å²) in [7, 11) is 0. The number of rotatable bonds is 2. The van der Waals surface area contributed by atoms with Gasteiger partial charge >= 0.3 is 0 Å². The van der Waals surface area contributed by atoms with Crippen molar-refractivity contribution in [2.45, 2.75) is 0 Å². The van der Waals surface area contributed by atoms with Gasteiger partial charge in [-0.1, -0.05) is 23.7 Å². The van der Waals surface area contributed by atoms with Crippen LogP contribution in [-0.2, 0) is 0 Å². The van der Waals surface area contributed by atoms with Crippen LogP contribution in [0.4, 0.5) is 21.6 Å². The number of anilines is 3. The van der Waals surface area contributed by atoms with Crippen LogP contribution >= 0.6 is 11.6 Å². The van der Waals surface area contributed by atoms with Crippen molar-refractivity contribution in [3.8, 4) is 0 Å². The van der Waals surface area contributed by atoms with E-state index in [1.165, 1.54) is 12.1 Å². The van der Waals surface area contributed by atoms with Crippen molar-refractivity contribution in [3.63, 3.8) is 0 Å². The Morgan fingerprint density at radius 2 is 1.95 bits per heavy atom. The molecular formula is C15H11ClFN3. The molecule has 0 aliphatic heterocycles. The lowest BCUT2D eigenvalue weighted by molar-refractivity contribution is 0.628. The summed E-state index contributed by atoms with van der Waals surface area (Å²) in [5.41, 5.74) is 7.29. The van der Waals surface area contributed by atoms with E-state index in [9.17, 15) is 4.39 Å². The van der Waals surface area contributed by atoms with Crippen LogP contribution in [0.15, 0.2) is 48.7 Å². The molecule has 3 N–H and O–H groups in total. The average Bonchev–Trinajstić information content (AvgIpc) is 2.44. The zero-order valence-corrected chi connectivity index (χ0v) is 11.2. The molecule has 1 aromatic heterocycles. The Labute approximate surface area is 120 Å². The maximum absolute atomic E-state index is 13.2. The molecular weight excluding hydrogens is 277 g/mol. The number of hydrogen-bond donors (Lipinski definition) is 2. The van der Waals surface area contributed by atoms with Gasteiger partial charge in [0.1, 0.15) is 11.6 Å². The van der Waals surface area contributed by atoms with Gasteiger partial charge in [0.05, 0.1) is 5.02 Å². The van der Waals surface area contributed by atoms with Crippen LogP contribution in [0.3, 0.4) is 0 Å². The summed E-state index contributed by atoms with van der Waals surface area (Å²) < 4.78 is 13.2. The molecule has 0 aliphatic carbocycles. The summed E-state index contributed by atoms with van der Waals surface area (Å²) in [6.45, 7) is 0. The quantitative estimate of drug-likeness (QED) is 0.689. The topological polar surface area (TPSA) is 50.9 Å². The Morgan fingerprint density at radius 3 is 2.75 bits per heavy atom. The Hall–Kier alpha value is -2.33. The SMILES string of the molecule is Nc1cccc2c(Nc3ccc(F)c(Cl)c3)nccc12. The third-order valence-electron chi connectivity index (χ3n) is 3.02. The zero-order chi connectivity index (χ0) is 14.1. The molecule has 100 valence electrons. The Balaban J connectivity index is 2.06. The van der Waals surface area contributed by atoms with Crippen LogP contribution in [0.2, 0.25) is 5.02 Å². The van der Waals surface area contributed by atoms with Crippen molar-refractivity contribution >= 4 is 39.6 Å².